The van der Waals surface area contributed by atoms with Crippen molar-refractivity contribution in [3.05, 3.63) is 29.8 Å². The zero-order chi connectivity index (χ0) is 15.9. The molecule has 0 radical (unpaired) electrons. The maximum Gasteiger partial charge on any atom is 0.409 e. The predicted molar refractivity (Wildman–Crippen MR) is 82.0 cm³/mol. The Balaban J connectivity index is 1.81. The van der Waals surface area contributed by atoms with E-state index in [9.17, 15) is 9.59 Å². The highest BCUT2D eigenvalue weighted by Crippen LogP contribution is 2.19. The molecule has 1 fully saturated rings. The normalized spacial score (nSPS) is 15.3. The summed E-state index contributed by atoms with van der Waals surface area (Å²) in [6.45, 7) is 1.94. The Hall–Kier alpha value is -2.24. The summed E-state index contributed by atoms with van der Waals surface area (Å²) in [6, 6.07) is 7.15. The highest BCUT2D eigenvalue weighted by atomic mass is 16.5. The predicted octanol–water partition coefficient (Wildman–Crippen LogP) is 1.90. The van der Waals surface area contributed by atoms with Gasteiger partial charge in [0.2, 0.25) is 0 Å². The highest BCUT2D eigenvalue weighted by Gasteiger charge is 2.23. The molecule has 1 aliphatic heterocycles. The molecule has 1 aromatic rings. The van der Waals surface area contributed by atoms with Gasteiger partial charge in [0, 0.05) is 19.6 Å². The third-order valence-corrected chi connectivity index (χ3v) is 3.95. The molecule has 1 aromatic carbocycles. The number of ether oxygens (including phenoxy) is 2. The van der Waals surface area contributed by atoms with Gasteiger partial charge in [-0.15, -0.1) is 0 Å². The van der Waals surface area contributed by atoms with Crippen LogP contribution in [-0.4, -0.2) is 50.8 Å². The van der Waals surface area contributed by atoms with Gasteiger partial charge in [0.1, 0.15) is 5.75 Å². The quantitative estimate of drug-likeness (QED) is 0.922. The standard InChI is InChI=1S/C16H22N2O4/c1-21-14-6-4-3-5-13(14)15(19)17-11-12-7-9-18(10-8-12)16(20)22-2/h3-6,12H,7-11H2,1-2H3,(H,17,19). The van der Waals surface area contributed by atoms with Crippen molar-refractivity contribution in [3.63, 3.8) is 0 Å². The largest absolute Gasteiger partial charge is 0.496 e. The monoisotopic (exact) mass is 306 g/mol. The Kier molecular flexibility index (Phi) is 5.63. The van der Waals surface area contributed by atoms with Crippen molar-refractivity contribution in [3.8, 4) is 5.75 Å². The first-order valence-corrected chi connectivity index (χ1v) is 7.39. The fourth-order valence-electron chi connectivity index (χ4n) is 2.61. The van der Waals surface area contributed by atoms with Crippen LogP contribution in [0, 0.1) is 5.92 Å². The molecule has 0 atom stereocenters. The number of carbonyl (C=O) groups excluding carboxylic acids is 2. The molecular weight excluding hydrogens is 284 g/mol. The lowest BCUT2D eigenvalue weighted by atomic mass is 9.97. The smallest absolute Gasteiger partial charge is 0.409 e. The minimum atomic E-state index is -0.281. The number of rotatable bonds is 4. The van der Waals surface area contributed by atoms with E-state index in [-0.39, 0.29) is 12.0 Å². The Morgan fingerprint density at radius 1 is 1.23 bits per heavy atom. The van der Waals surface area contributed by atoms with E-state index in [1.165, 1.54) is 7.11 Å². The van der Waals surface area contributed by atoms with E-state index < -0.39 is 0 Å². The summed E-state index contributed by atoms with van der Waals surface area (Å²) in [5, 5.41) is 2.95. The summed E-state index contributed by atoms with van der Waals surface area (Å²) in [5.41, 5.74) is 0.539. The van der Waals surface area contributed by atoms with Crippen molar-refractivity contribution in [2.24, 2.45) is 5.92 Å². The Bertz CT molecular complexity index is 525. The molecule has 0 unspecified atom stereocenters. The van der Waals surface area contributed by atoms with Gasteiger partial charge in [-0.05, 0) is 30.9 Å². The van der Waals surface area contributed by atoms with E-state index in [2.05, 4.69) is 5.32 Å². The summed E-state index contributed by atoms with van der Waals surface area (Å²) in [7, 11) is 2.94. The van der Waals surface area contributed by atoms with Crippen LogP contribution in [0.15, 0.2) is 24.3 Å². The number of nitrogens with one attached hydrogen (secondary N) is 1. The number of para-hydroxylation sites is 1. The number of amides is 2. The molecule has 1 aliphatic rings. The molecule has 0 saturated carbocycles. The highest BCUT2D eigenvalue weighted by molar-refractivity contribution is 5.96. The molecule has 6 heteroatoms. The van der Waals surface area contributed by atoms with Crippen LogP contribution >= 0.6 is 0 Å². The summed E-state index contributed by atoms with van der Waals surface area (Å²) in [4.78, 5) is 25.3. The van der Waals surface area contributed by atoms with Gasteiger partial charge in [-0.3, -0.25) is 4.79 Å². The number of hydrogen-bond acceptors (Lipinski definition) is 4. The summed E-state index contributed by atoms with van der Waals surface area (Å²) in [6.07, 6.45) is 1.44. The average Bonchev–Trinajstić information content (AvgIpc) is 2.59. The van der Waals surface area contributed by atoms with Gasteiger partial charge in [0.25, 0.3) is 5.91 Å². The van der Waals surface area contributed by atoms with Crippen molar-refractivity contribution < 1.29 is 19.1 Å². The minimum absolute atomic E-state index is 0.132. The first-order valence-electron chi connectivity index (χ1n) is 7.39. The zero-order valence-corrected chi connectivity index (χ0v) is 13.0. The fourth-order valence-corrected chi connectivity index (χ4v) is 2.61. The molecule has 1 N–H and O–H groups in total. The van der Waals surface area contributed by atoms with E-state index in [0.29, 0.717) is 36.9 Å². The molecule has 0 spiro atoms. The second kappa shape index (κ2) is 7.68. The Labute approximate surface area is 130 Å². The molecular formula is C16H22N2O4. The zero-order valence-electron chi connectivity index (χ0n) is 13.0. The molecule has 2 amide bonds. The van der Waals surface area contributed by atoms with E-state index in [0.717, 1.165) is 12.8 Å². The van der Waals surface area contributed by atoms with Gasteiger partial charge in [-0.25, -0.2) is 4.79 Å². The molecule has 1 saturated heterocycles. The van der Waals surface area contributed by atoms with Crippen molar-refractivity contribution in [1.82, 2.24) is 10.2 Å². The second-order valence-corrected chi connectivity index (χ2v) is 5.31. The average molecular weight is 306 g/mol. The van der Waals surface area contributed by atoms with Crippen molar-refractivity contribution in [2.75, 3.05) is 33.9 Å². The number of carbonyl (C=O) groups is 2. The second-order valence-electron chi connectivity index (χ2n) is 5.31. The number of benzene rings is 1. The fraction of sp³-hybridized carbons (Fsp3) is 0.500. The SMILES string of the molecule is COC(=O)N1CCC(CNC(=O)c2ccccc2OC)CC1. The van der Waals surface area contributed by atoms with E-state index in [4.69, 9.17) is 9.47 Å². The van der Waals surface area contributed by atoms with Crippen molar-refractivity contribution in [1.29, 1.82) is 0 Å². The molecule has 22 heavy (non-hydrogen) atoms. The van der Waals surface area contributed by atoms with Crippen LogP contribution in [0.2, 0.25) is 0 Å². The molecule has 0 aliphatic carbocycles. The molecule has 2 rings (SSSR count). The summed E-state index contributed by atoms with van der Waals surface area (Å²) < 4.78 is 9.90. The lowest BCUT2D eigenvalue weighted by Gasteiger charge is -2.30. The van der Waals surface area contributed by atoms with Crippen LogP contribution < -0.4 is 10.1 Å². The van der Waals surface area contributed by atoms with Crippen LogP contribution in [0.4, 0.5) is 4.79 Å². The van der Waals surface area contributed by atoms with Gasteiger partial charge >= 0.3 is 6.09 Å². The molecule has 6 nitrogen and oxygen atoms in total. The molecule has 0 aromatic heterocycles. The van der Waals surface area contributed by atoms with Crippen LogP contribution in [0.3, 0.4) is 0 Å². The van der Waals surface area contributed by atoms with Gasteiger partial charge < -0.3 is 19.7 Å². The lowest BCUT2D eigenvalue weighted by molar-refractivity contribution is 0.0911. The van der Waals surface area contributed by atoms with Gasteiger partial charge in [-0.2, -0.15) is 0 Å². The van der Waals surface area contributed by atoms with E-state index >= 15 is 0 Å². The summed E-state index contributed by atoms with van der Waals surface area (Å²) in [5.74, 6) is 0.813. The molecule has 120 valence electrons. The van der Waals surface area contributed by atoms with Gasteiger partial charge in [-0.1, -0.05) is 12.1 Å². The summed E-state index contributed by atoms with van der Waals surface area (Å²) >= 11 is 0. The minimum Gasteiger partial charge on any atom is -0.496 e. The van der Waals surface area contributed by atoms with Crippen LogP contribution in [0.1, 0.15) is 23.2 Å². The van der Waals surface area contributed by atoms with E-state index in [1.807, 2.05) is 12.1 Å². The van der Waals surface area contributed by atoms with E-state index in [1.54, 1.807) is 24.1 Å². The lowest BCUT2D eigenvalue weighted by Crippen LogP contribution is -2.41. The number of likely N-dealkylation sites (tertiary alicyclic amines) is 1. The first kappa shape index (κ1) is 16.1. The van der Waals surface area contributed by atoms with Crippen molar-refractivity contribution >= 4 is 12.0 Å². The van der Waals surface area contributed by atoms with Crippen LogP contribution in [-0.2, 0) is 4.74 Å². The third kappa shape index (κ3) is 3.90. The van der Waals surface area contributed by atoms with Crippen LogP contribution in [0.5, 0.6) is 5.75 Å². The molecule has 1 heterocycles. The number of piperidine rings is 1. The number of methoxy groups -OCH3 is 2. The third-order valence-electron chi connectivity index (χ3n) is 3.95. The Morgan fingerprint density at radius 2 is 1.91 bits per heavy atom. The first-order chi connectivity index (χ1) is 10.7. The van der Waals surface area contributed by atoms with Crippen molar-refractivity contribution in [2.45, 2.75) is 12.8 Å². The van der Waals surface area contributed by atoms with Crippen LogP contribution in [0.25, 0.3) is 0 Å². The molecule has 0 bridgehead atoms. The topological polar surface area (TPSA) is 67.9 Å². The number of hydrogen-bond donors (Lipinski definition) is 1. The maximum absolute atomic E-state index is 12.2. The van der Waals surface area contributed by atoms with Gasteiger partial charge in [0.15, 0.2) is 0 Å². The Morgan fingerprint density at radius 3 is 2.55 bits per heavy atom. The number of nitrogens with zero attached hydrogens (tertiary/aromatic N) is 1. The maximum atomic E-state index is 12.2. The van der Waals surface area contributed by atoms with Gasteiger partial charge in [0.05, 0.1) is 19.8 Å².